The molecule has 0 saturated carbocycles. The maximum Gasteiger partial charge on any atom is 0.427 e. The van der Waals surface area contributed by atoms with Gasteiger partial charge in [0.15, 0.2) is 0 Å². The van der Waals surface area contributed by atoms with Gasteiger partial charge >= 0.3 is 6.18 Å². The molecule has 0 fully saturated rings. The van der Waals surface area contributed by atoms with Crippen molar-refractivity contribution in [2.45, 2.75) is 38.8 Å². The van der Waals surface area contributed by atoms with Gasteiger partial charge in [0.2, 0.25) is 0 Å². The van der Waals surface area contributed by atoms with E-state index in [4.69, 9.17) is 0 Å². The fourth-order valence-electron chi connectivity index (χ4n) is 1.20. The Bertz CT molecular complexity index is 292. The molecular formula is C9H12F3NS. The fraction of sp³-hybridized carbons (Fsp3) is 0.667. The average Bonchev–Trinajstić information content (AvgIpc) is 2.51. The fourth-order valence-corrected chi connectivity index (χ4v) is 2.07. The Morgan fingerprint density at radius 1 is 1.50 bits per heavy atom. The molecule has 0 aromatic carbocycles. The second-order valence-corrected chi connectivity index (χ2v) is 4.31. The first-order valence-electron chi connectivity index (χ1n) is 4.48. The van der Waals surface area contributed by atoms with Gasteiger partial charge in [-0.3, -0.25) is 0 Å². The summed E-state index contributed by atoms with van der Waals surface area (Å²) in [6, 6.07) is 0. The Morgan fingerprint density at radius 3 is 2.57 bits per heavy atom. The predicted octanol–water partition coefficient (Wildman–Crippen LogP) is 4.07. The quantitative estimate of drug-likeness (QED) is 0.752. The Balaban J connectivity index is 2.78. The van der Waals surface area contributed by atoms with Gasteiger partial charge in [-0.1, -0.05) is 20.3 Å². The van der Waals surface area contributed by atoms with Gasteiger partial charge in [-0.2, -0.15) is 13.2 Å². The summed E-state index contributed by atoms with van der Waals surface area (Å²) in [4.78, 5) is 3.20. The van der Waals surface area contributed by atoms with E-state index in [0.29, 0.717) is 5.01 Å². The molecule has 1 aromatic rings. The highest BCUT2D eigenvalue weighted by Crippen LogP contribution is 2.36. The molecular weight excluding hydrogens is 211 g/mol. The summed E-state index contributed by atoms with van der Waals surface area (Å²) in [5.41, 5.74) is 0. The van der Waals surface area contributed by atoms with Crippen molar-refractivity contribution in [1.82, 2.24) is 4.98 Å². The van der Waals surface area contributed by atoms with Crippen LogP contribution in [0.5, 0.6) is 0 Å². The van der Waals surface area contributed by atoms with Crippen LogP contribution in [-0.2, 0) is 6.18 Å². The monoisotopic (exact) mass is 223 g/mol. The summed E-state index contributed by atoms with van der Waals surface area (Å²) in [5, 5.41) is 0.583. The van der Waals surface area contributed by atoms with Crippen molar-refractivity contribution < 1.29 is 13.2 Å². The van der Waals surface area contributed by atoms with Crippen molar-refractivity contribution in [3.8, 4) is 0 Å². The third-order valence-corrected chi connectivity index (χ3v) is 3.22. The molecule has 0 saturated heterocycles. The molecule has 1 nitrogen and oxygen atoms in total. The maximum absolute atomic E-state index is 12.2. The molecule has 80 valence electrons. The molecule has 1 atom stereocenters. The van der Waals surface area contributed by atoms with Crippen LogP contribution in [0.4, 0.5) is 13.2 Å². The van der Waals surface area contributed by atoms with E-state index in [1.54, 1.807) is 0 Å². The average molecular weight is 223 g/mol. The number of nitrogens with zero attached hydrogens (tertiary/aromatic N) is 1. The van der Waals surface area contributed by atoms with Crippen molar-refractivity contribution in [3.05, 3.63) is 16.1 Å². The Kier molecular flexibility index (Phi) is 3.53. The highest BCUT2D eigenvalue weighted by Gasteiger charge is 2.33. The zero-order valence-corrected chi connectivity index (χ0v) is 8.87. The van der Waals surface area contributed by atoms with Crippen molar-refractivity contribution in [1.29, 1.82) is 0 Å². The summed E-state index contributed by atoms with van der Waals surface area (Å²) in [6.45, 7) is 3.91. The van der Waals surface area contributed by atoms with E-state index < -0.39 is 11.1 Å². The van der Waals surface area contributed by atoms with E-state index in [1.165, 1.54) is 0 Å². The van der Waals surface area contributed by atoms with Crippen LogP contribution in [0.15, 0.2) is 6.20 Å². The predicted molar refractivity (Wildman–Crippen MR) is 50.4 cm³/mol. The molecule has 0 N–H and O–H groups in total. The van der Waals surface area contributed by atoms with Crippen LogP contribution in [0.25, 0.3) is 0 Å². The van der Waals surface area contributed by atoms with Crippen LogP contribution in [0.3, 0.4) is 0 Å². The van der Waals surface area contributed by atoms with Crippen molar-refractivity contribution >= 4 is 11.3 Å². The summed E-state index contributed by atoms with van der Waals surface area (Å²) in [7, 11) is 0. The van der Waals surface area contributed by atoms with Gasteiger partial charge in [-0.15, -0.1) is 11.3 Å². The van der Waals surface area contributed by atoms with Crippen molar-refractivity contribution in [2.24, 2.45) is 0 Å². The summed E-state index contributed by atoms with van der Waals surface area (Å²) in [6.07, 6.45) is -1.49. The lowest BCUT2D eigenvalue weighted by molar-refractivity contribution is -0.134. The first-order valence-corrected chi connectivity index (χ1v) is 5.29. The molecule has 5 heteroatoms. The van der Waals surface area contributed by atoms with Gasteiger partial charge in [0.25, 0.3) is 0 Å². The smallest absolute Gasteiger partial charge is 0.249 e. The highest BCUT2D eigenvalue weighted by atomic mass is 32.1. The molecule has 0 aliphatic rings. The van der Waals surface area contributed by atoms with E-state index in [-0.39, 0.29) is 5.92 Å². The molecule has 1 unspecified atom stereocenters. The standard InChI is InChI=1S/C9H12F3NS/c1-3-4-6(2)8-13-5-7(14-8)9(10,11)12/h5-6H,3-4H2,1-2H3. The Labute approximate surface area is 85.0 Å². The minimum Gasteiger partial charge on any atom is -0.249 e. The van der Waals surface area contributed by atoms with Crippen molar-refractivity contribution in [2.75, 3.05) is 0 Å². The number of hydrogen-bond donors (Lipinski definition) is 0. The van der Waals surface area contributed by atoms with E-state index in [9.17, 15) is 13.2 Å². The largest absolute Gasteiger partial charge is 0.427 e. The Morgan fingerprint density at radius 2 is 2.14 bits per heavy atom. The number of hydrogen-bond acceptors (Lipinski definition) is 2. The highest BCUT2D eigenvalue weighted by molar-refractivity contribution is 7.11. The maximum atomic E-state index is 12.2. The Hall–Kier alpha value is -0.580. The molecule has 14 heavy (non-hydrogen) atoms. The second-order valence-electron chi connectivity index (χ2n) is 3.25. The topological polar surface area (TPSA) is 12.9 Å². The number of alkyl halides is 3. The second kappa shape index (κ2) is 4.29. The number of thiazole rings is 1. The van der Waals surface area contributed by atoms with E-state index >= 15 is 0 Å². The molecule has 0 aliphatic heterocycles. The minimum absolute atomic E-state index is 0.126. The summed E-state index contributed by atoms with van der Waals surface area (Å²) in [5.74, 6) is 0.126. The van der Waals surface area contributed by atoms with Gasteiger partial charge in [-0.25, -0.2) is 4.98 Å². The molecule has 0 radical (unpaired) electrons. The van der Waals surface area contributed by atoms with Gasteiger partial charge < -0.3 is 0 Å². The van der Waals surface area contributed by atoms with Gasteiger partial charge in [-0.05, 0) is 6.42 Å². The lowest BCUT2D eigenvalue weighted by atomic mass is 10.1. The van der Waals surface area contributed by atoms with Crippen LogP contribution in [0.2, 0.25) is 0 Å². The molecule has 0 bridgehead atoms. The zero-order chi connectivity index (χ0) is 10.8. The lowest BCUT2D eigenvalue weighted by Crippen LogP contribution is -2.00. The van der Waals surface area contributed by atoms with Crippen LogP contribution in [-0.4, -0.2) is 4.98 Å². The van der Waals surface area contributed by atoms with Crippen LogP contribution < -0.4 is 0 Å². The first kappa shape index (κ1) is 11.5. The number of rotatable bonds is 3. The molecule has 1 aromatic heterocycles. The van der Waals surface area contributed by atoms with E-state index in [2.05, 4.69) is 4.98 Å². The third kappa shape index (κ3) is 2.70. The zero-order valence-electron chi connectivity index (χ0n) is 8.06. The molecule has 1 rings (SSSR count). The molecule has 0 spiro atoms. The number of aromatic nitrogens is 1. The lowest BCUT2D eigenvalue weighted by Gasteiger charge is -2.04. The molecule has 1 heterocycles. The minimum atomic E-state index is -4.25. The van der Waals surface area contributed by atoms with Crippen LogP contribution >= 0.6 is 11.3 Å². The molecule has 0 aliphatic carbocycles. The van der Waals surface area contributed by atoms with Gasteiger partial charge in [0.1, 0.15) is 4.88 Å². The van der Waals surface area contributed by atoms with Crippen LogP contribution in [0, 0.1) is 0 Å². The third-order valence-electron chi connectivity index (χ3n) is 1.95. The van der Waals surface area contributed by atoms with Crippen molar-refractivity contribution in [3.63, 3.8) is 0 Å². The number of halogens is 3. The van der Waals surface area contributed by atoms with Gasteiger partial charge in [0, 0.05) is 5.92 Å². The van der Waals surface area contributed by atoms with Crippen LogP contribution in [0.1, 0.15) is 42.5 Å². The molecule has 0 amide bonds. The summed E-state index contributed by atoms with van der Waals surface area (Å²) < 4.78 is 36.7. The van der Waals surface area contributed by atoms with E-state index in [1.807, 2.05) is 13.8 Å². The SMILES string of the molecule is CCCC(C)c1ncc(C(F)(F)F)s1. The summed E-state index contributed by atoms with van der Waals surface area (Å²) >= 11 is 0.752. The van der Waals surface area contributed by atoms with Gasteiger partial charge in [0.05, 0.1) is 11.2 Å². The normalized spacial score (nSPS) is 14.4. The van der Waals surface area contributed by atoms with E-state index in [0.717, 1.165) is 30.4 Å². The first-order chi connectivity index (χ1) is 6.45.